The Morgan fingerprint density at radius 1 is 0.697 bits per heavy atom. The molecule has 170 valence electrons. The molecule has 0 aromatic heterocycles. The van der Waals surface area contributed by atoms with Crippen LogP contribution in [0.5, 0.6) is 5.75 Å². The summed E-state index contributed by atoms with van der Waals surface area (Å²) in [4.78, 5) is 0. The maximum Gasteiger partial charge on any atom is 0.573 e. The summed E-state index contributed by atoms with van der Waals surface area (Å²) in [6.07, 6.45) is -0.494. The highest BCUT2D eigenvalue weighted by Gasteiger charge is 2.31. The fourth-order valence-electron chi connectivity index (χ4n) is 3.97. The number of aryl methyl sites for hydroxylation is 1. The maximum atomic E-state index is 14.7. The van der Waals surface area contributed by atoms with E-state index in [-0.39, 0.29) is 11.6 Å². The topological polar surface area (TPSA) is 9.23 Å². The zero-order valence-corrected chi connectivity index (χ0v) is 18.3. The smallest absolute Gasteiger partial charge is 0.406 e. The van der Waals surface area contributed by atoms with Gasteiger partial charge >= 0.3 is 6.36 Å². The van der Waals surface area contributed by atoms with E-state index < -0.39 is 6.36 Å². The van der Waals surface area contributed by atoms with Crippen LogP contribution in [0.15, 0.2) is 78.9 Å². The summed E-state index contributed by atoms with van der Waals surface area (Å²) in [7, 11) is 0. The van der Waals surface area contributed by atoms with Crippen molar-refractivity contribution in [2.45, 2.75) is 39.0 Å². The van der Waals surface area contributed by atoms with Crippen LogP contribution in [0.1, 0.15) is 31.7 Å². The fourth-order valence-corrected chi connectivity index (χ4v) is 3.97. The number of unbranched alkanes of at least 4 members (excludes halogenated alkanes) is 2. The number of ether oxygens (including phenoxy) is 1. The minimum absolute atomic E-state index is 0.223. The van der Waals surface area contributed by atoms with Gasteiger partial charge in [0.1, 0.15) is 11.6 Å². The van der Waals surface area contributed by atoms with Gasteiger partial charge < -0.3 is 4.74 Å². The van der Waals surface area contributed by atoms with Crippen molar-refractivity contribution in [1.82, 2.24) is 0 Å². The van der Waals surface area contributed by atoms with E-state index in [2.05, 4.69) is 11.7 Å². The SMILES string of the molecule is CCCCCc1ccc(-c2ccc(-c3ccc4cc(OC(F)(F)F)ccc4c3)cc2)c(F)c1. The number of fused-ring (bicyclic) bond motifs is 1. The van der Waals surface area contributed by atoms with Crippen LogP contribution in [0.2, 0.25) is 0 Å². The van der Waals surface area contributed by atoms with Crippen molar-refractivity contribution in [2.75, 3.05) is 0 Å². The molecule has 4 aromatic rings. The highest BCUT2D eigenvalue weighted by molar-refractivity contribution is 5.88. The fraction of sp³-hybridized carbons (Fsp3) is 0.214. The van der Waals surface area contributed by atoms with Gasteiger partial charge in [-0.3, -0.25) is 0 Å². The third-order valence-electron chi connectivity index (χ3n) is 5.68. The van der Waals surface area contributed by atoms with Crippen molar-refractivity contribution in [1.29, 1.82) is 0 Å². The molecule has 0 atom stereocenters. The molecule has 0 aliphatic heterocycles. The third-order valence-corrected chi connectivity index (χ3v) is 5.68. The van der Waals surface area contributed by atoms with Crippen LogP contribution in [0.25, 0.3) is 33.0 Å². The monoisotopic (exact) mass is 452 g/mol. The Morgan fingerprint density at radius 3 is 2.06 bits per heavy atom. The Bertz CT molecular complexity index is 1240. The van der Waals surface area contributed by atoms with Crippen molar-refractivity contribution in [3.8, 4) is 28.0 Å². The highest BCUT2D eigenvalue weighted by atomic mass is 19.4. The van der Waals surface area contributed by atoms with E-state index in [0.717, 1.165) is 53.3 Å². The molecule has 4 aromatic carbocycles. The van der Waals surface area contributed by atoms with Crippen LogP contribution in [0, 0.1) is 5.82 Å². The van der Waals surface area contributed by atoms with E-state index in [9.17, 15) is 17.6 Å². The molecular formula is C28H24F4O. The quantitative estimate of drug-likeness (QED) is 0.201. The lowest BCUT2D eigenvalue weighted by atomic mass is 9.97. The maximum absolute atomic E-state index is 14.7. The number of hydrogen-bond acceptors (Lipinski definition) is 1. The van der Waals surface area contributed by atoms with E-state index in [1.54, 1.807) is 18.2 Å². The molecule has 0 amide bonds. The Balaban J connectivity index is 1.53. The van der Waals surface area contributed by atoms with Gasteiger partial charge in [-0.25, -0.2) is 4.39 Å². The number of alkyl halides is 3. The van der Waals surface area contributed by atoms with Gasteiger partial charge in [0.15, 0.2) is 0 Å². The van der Waals surface area contributed by atoms with E-state index in [4.69, 9.17) is 0 Å². The lowest BCUT2D eigenvalue weighted by Gasteiger charge is -2.11. The third kappa shape index (κ3) is 5.72. The summed E-state index contributed by atoms with van der Waals surface area (Å²) >= 11 is 0. The number of hydrogen-bond donors (Lipinski definition) is 0. The zero-order valence-electron chi connectivity index (χ0n) is 18.3. The molecule has 0 heterocycles. The van der Waals surface area contributed by atoms with Gasteiger partial charge in [0, 0.05) is 5.56 Å². The van der Waals surface area contributed by atoms with Crippen LogP contribution in [-0.2, 0) is 6.42 Å². The van der Waals surface area contributed by atoms with Crippen molar-refractivity contribution >= 4 is 10.8 Å². The molecule has 0 aliphatic rings. The summed E-state index contributed by atoms with van der Waals surface area (Å²) in [6, 6.07) is 22.9. The summed E-state index contributed by atoms with van der Waals surface area (Å²) in [6.45, 7) is 2.15. The van der Waals surface area contributed by atoms with Crippen LogP contribution in [0.4, 0.5) is 17.6 Å². The number of rotatable bonds is 7. The average molecular weight is 452 g/mol. The second kappa shape index (κ2) is 9.65. The molecule has 0 radical (unpaired) electrons. The number of halogens is 4. The molecule has 0 saturated carbocycles. The Hall–Kier alpha value is -3.34. The molecule has 1 nitrogen and oxygen atoms in total. The van der Waals surface area contributed by atoms with Gasteiger partial charge in [-0.15, -0.1) is 13.2 Å². The van der Waals surface area contributed by atoms with Crippen LogP contribution in [0.3, 0.4) is 0 Å². The van der Waals surface area contributed by atoms with Crippen LogP contribution < -0.4 is 4.74 Å². The van der Waals surface area contributed by atoms with Crippen LogP contribution >= 0.6 is 0 Å². The summed E-state index contributed by atoms with van der Waals surface area (Å²) in [5, 5.41) is 1.45. The second-order valence-electron chi connectivity index (χ2n) is 8.12. The van der Waals surface area contributed by atoms with Crippen LogP contribution in [-0.4, -0.2) is 6.36 Å². The molecule has 0 bridgehead atoms. The molecule has 0 unspecified atom stereocenters. The molecule has 33 heavy (non-hydrogen) atoms. The first-order valence-electron chi connectivity index (χ1n) is 11.0. The first-order chi connectivity index (χ1) is 15.8. The molecule has 0 aliphatic carbocycles. The molecule has 4 rings (SSSR count). The van der Waals surface area contributed by atoms with Gasteiger partial charge in [-0.2, -0.15) is 0 Å². The molecular weight excluding hydrogens is 428 g/mol. The molecule has 0 saturated heterocycles. The zero-order chi connectivity index (χ0) is 23.4. The van der Waals surface area contributed by atoms with E-state index in [1.807, 2.05) is 48.5 Å². The molecule has 0 fully saturated rings. The predicted molar refractivity (Wildman–Crippen MR) is 125 cm³/mol. The Kier molecular flexibility index (Phi) is 6.68. The van der Waals surface area contributed by atoms with Crippen molar-refractivity contribution in [2.24, 2.45) is 0 Å². The Morgan fingerprint density at radius 2 is 1.36 bits per heavy atom. The normalized spacial score (nSPS) is 11.7. The van der Waals surface area contributed by atoms with Crippen molar-refractivity contribution in [3.63, 3.8) is 0 Å². The predicted octanol–water partition coefficient (Wildman–Crippen LogP) is 8.94. The lowest BCUT2D eigenvalue weighted by molar-refractivity contribution is -0.274. The molecule has 0 spiro atoms. The van der Waals surface area contributed by atoms with Gasteiger partial charge in [-0.05, 0) is 70.1 Å². The standard InChI is InChI=1S/C28H24F4O/c1-2-3-4-5-19-6-15-26(27(29)16-19)21-9-7-20(8-10-21)22-11-12-24-18-25(33-28(30,31)32)14-13-23(24)17-22/h6-18H,2-5H2,1H3. The minimum Gasteiger partial charge on any atom is -0.406 e. The first-order valence-corrected chi connectivity index (χ1v) is 11.0. The largest absolute Gasteiger partial charge is 0.573 e. The van der Waals surface area contributed by atoms with Crippen molar-refractivity contribution in [3.05, 3.63) is 90.2 Å². The van der Waals surface area contributed by atoms with E-state index in [0.29, 0.717) is 10.9 Å². The lowest BCUT2D eigenvalue weighted by Crippen LogP contribution is -2.16. The van der Waals surface area contributed by atoms with E-state index >= 15 is 0 Å². The average Bonchev–Trinajstić information content (AvgIpc) is 2.78. The molecule has 5 heteroatoms. The second-order valence-corrected chi connectivity index (χ2v) is 8.12. The first kappa shape index (κ1) is 22.8. The van der Waals surface area contributed by atoms with Crippen molar-refractivity contribution < 1.29 is 22.3 Å². The summed E-state index contributed by atoms with van der Waals surface area (Å²) in [5.41, 5.74) is 4.24. The summed E-state index contributed by atoms with van der Waals surface area (Å²) in [5.74, 6) is -0.468. The van der Waals surface area contributed by atoms with Gasteiger partial charge in [0.25, 0.3) is 0 Å². The minimum atomic E-state index is -4.72. The van der Waals surface area contributed by atoms with E-state index in [1.165, 1.54) is 12.1 Å². The Labute approximate surface area is 190 Å². The highest BCUT2D eigenvalue weighted by Crippen LogP contribution is 2.31. The van der Waals surface area contributed by atoms with Gasteiger partial charge in [0.05, 0.1) is 0 Å². The van der Waals surface area contributed by atoms with Gasteiger partial charge in [-0.1, -0.05) is 74.4 Å². The summed E-state index contributed by atoms with van der Waals surface area (Å²) < 4.78 is 56.0. The van der Waals surface area contributed by atoms with Gasteiger partial charge in [0.2, 0.25) is 0 Å². The number of benzene rings is 4. The molecule has 0 N–H and O–H groups in total.